The second-order valence-electron chi connectivity index (χ2n) is 6.07. The van der Waals surface area contributed by atoms with Gasteiger partial charge in [0.25, 0.3) is 5.91 Å². The second-order valence-corrected chi connectivity index (χ2v) is 7.40. The molecule has 0 radical (unpaired) electrons. The van der Waals surface area contributed by atoms with Gasteiger partial charge in [-0.2, -0.15) is 0 Å². The highest BCUT2D eigenvalue weighted by molar-refractivity contribution is 9.10. The number of methoxy groups -OCH3 is 2. The first-order valence-electron chi connectivity index (χ1n) is 8.84. The van der Waals surface area contributed by atoms with Crippen molar-refractivity contribution in [2.75, 3.05) is 25.0 Å². The van der Waals surface area contributed by atoms with Gasteiger partial charge in [-0.1, -0.05) is 27.5 Å². The minimum atomic E-state index is -0.686. The summed E-state index contributed by atoms with van der Waals surface area (Å²) in [5.41, 5.74) is 5.00. The Morgan fingerprint density at radius 3 is 2.38 bits per heavy atom. The maximum atomic E-state index is 12.3. The molecule has 3 rings (SSSR count). The highest BCUT2D eigenvalue weighted by atomic mass is 79.9. The summed E-state index contributed by atoms with van der Waals surface area (Å²) >= 11 is 9.44. The van der Waals surface area contributed by atoms with Gasteiger partial charge < -0.3 is 14.8 Å². The van der Waals surface area contributed by atoms with Crippen molar-refractivity contribution in [1.29, 1.82) is 0 Å². The molecule has 3 aromatic rings. The lowest BCUT2D eigenvalue weighted by atomic mass is 10.2. The normalized spacial score (nSPS) is 10.2. The van der Waals surface area contributed by atoms with Crippen molar-refractivity contribution in [1.82, 2.24) is 15.4 Å². The molecule has 166 valence electrons. The van der Waals surface area contributed by atoms with Gasteiger partial charge in [0, 0.05) is 16.1 Å². The van der Waals surface area contributed by atoms with Crippen LogP contribution in [0.4, 0.5) is 23.0 Å². The van der Waals surface area contributed by atoms with Gasteiger partial charge in [-0.05, 0) is 30.3 Å². The summed E-state index contributed by atoms with van der Waals surface area (Å²) in [6.07, 6.45) is 1.10. The molecular weight excluding hydrogens is 508 g/mol. The maximum absolute atomic E-state index is 12.3. The summed E-state index contributed by atoms with van der Waals surface area (Å²) in [6.45, 7) is 0. The average molecular weight is 524 g/mol. The van der Waals surface area contributed by atoms with E-state index in [1.807, 2.05) is 0 Å². The van der Waals surface area contributed by atoms with Crippen LogP contribution < -0.4 is 25.6 Å². The van der Waals surface area contributed by atoms with E-state index in [9.17, 15) is 14.9 Å². The fourth-order valence-corrected chi connectivity index (χ4v) is 3.11. The predicted molar refractivity (Wildman–Crippen MR) is 122 cm³/mol. The number of carbonyl (C=O) groups is 1. The van der Waals surface area contributed by atoms with Gasteiger partial charge in [0.05, 0.1) is 29.9 Å². The molecule has 0 atom stereocenters. The molecule has 0 spiro atoms. The molecule has 1 aromatic heterocycles. The highest BCUT2D eigenvalue weighted by Crippen LogP contribution is 2.39. The van der Waals surface area contributed by atoms with E-state index in [1.54, 1.807) is 24.3 Å². The van der Waals surface area contributed by atoms with Crippen LogP contribution in [0.5, 0.6) is 11.5 Å². The van der Waals surface area contributed by atoms with Crippen molar-refractivity contribution in [3.05, 3.63) is 67.9 Å². The summed E-state index contributed by atoms with van der Waals surface area (Å²) in [7, 11) is 2.87. The number of benzene rings is 2. The van der Waals surface area contributed by atoms with Gasteiger partial charge in [-0.15, -0.1) is 0 Å². The predicted octanol–water partition coefficient (Wildman–Crippen LogP) is 4.32. The van der Waals surface area contributed by atoms with Crippen molar-refractivity contribution in [3.63, 3.8) is 0 Å². The Bertz CT molecular complexity index is 1160. The van der Waals surface area contributed by atoms with Crippen LogP contribution >= 0.6 is 27.5 Å². The number of hydrogen-bond donors (Lipinski definition) is 3. The van der Waals surface area contributed by atoms with Gasteiger partial charge in [0.2, 0.25) is 11.6 Å². The number of hydrazine groups is 1. The first kappa shape index (κ1) is 23.0. The molecule has 0 aliphatic carbocycles. The number of hydrogen-bond acceptors (Lipinski definition) is 9. The number of aromatic nitrogens is 2. The Balaban J connectivity index is 1.88. The van der Waals surface area contributed by atoms with Crippen molar-refractivity contribution < 1.29 is 19.2 Å². The molecule has 0 aliphatic rings. The summed E-state index contributed by atoms with van der Waals surface area (Å²) in [6, 6.07) is 9.56. The molecule has 1 amide bonds. The van der Waals surface area contributed by atoms with Crippen LogP contribution in [-0.2, 0) is 0 Å². The van der Waals surface area contributed by atoms with Crippen LogP contribution in [0.25, 0.3) is 0 Å². The second kappa shape index (κ2) is 10.1. The fraction of sp³-hybridized carbons (Fsp3) is 0.105. The third-order valence-electron chi connectivity index (χ3n) is 4.13. The molecule has 0 unspecified atom stereocenters. The SMILES string of the molecule is COc1cc(OC)c(Nc2ncnc(NNC(=O)c3ccc(Br)cc3)c2[N+](=O)[O-])cc1Cl. The summed E-state index contributed by atoms with van der Waals surface area (Å²) < 4.78 is 11.2. The number of nitrogens with one attached hydrogen (secondary N) is 3. The topological polar surface area (TPSA) is 141 Å². The monoisotopic (exact) mass is 522 g/mol. The van der Waals surface area contributed by atoms with E-state index in [-0.39, 0.29) is 16.7 Å². The number of nitro groups is 1. The number of ether oxygens (including phenoxy) is 2. The Hall–Kier alpha value is -3.64. The van der Waals surface area contributed by atoms with E-state index in [1.165, 1.54) is 26.4 Å². The van der Waals surface area contributed by atoms with E-state index >= 15 is 0 Å². The van der Waals surface area contributed by atoms with Gasteiger partial charge in [0.1, 0.15) is 17.8 Å². The Morgan fingerprint density at radius 2 is 1.75 bits per heavy atom. The van der Waals surface area contributed by atoms with Crippen LogP contribution in [0, 0.1) is 10.1 Å². The molecule has 1 heterocycles. The standard InChI is InChI=1S/C19H16BrClN6O5/c1-31-14-8-15(32-2)13(7-12(14)21)24-17-16(27(29)30)18(23-9-22-17)25-26-19(28)10-3-5-11(20)6-4-10/h3-9H,1-2H3,(H,26,28)(H2,22,23,24,25). The van der Waals surface area contributed by atoms with Gasteiger partial charge in [-0.25, -0.2) is 9.97 Å². The minimum Gasteiger partial charge on any atom is -0.495 e. The molecule has 2 aromatic carbocycles. The van der Waals surface area contributed by atoms with Crippen molar-refractivity contribution in [2.45, 2.75) is 0 Å². The molecule has 32 heavy (non-hydrogen) atoms. The lowest BCUT2D eigenvalue weighted by molar-refractivity contribution is -0.383. The van der Waals surface area contributed by atoms with E-state index in [0.29, 0.717) is 22.7 Å². The molecule has 0 fully saturated rings. The smallest absolute Gasteiger partial charge is 0.355 e. The first-order valence-corrected chi connectivity index (χ1v) is 10.0. The van der Waals surface area contributed by atoms with Crippen molar-refractivity contribution in [2.24, 2.45) is 0 Å². The van der Waals surface area contributed by atoms with Crippen LogP contribution in [0.3, 0.4) is 0 Å². The molecule has 3 N–H and O–H groups in total. The van der Waals surface area contributed by atoms with Crippen molar-refractivity contribution in [3.8, 4) is 11.5 Å². The van der Waals surface area contributed by atoms with E-state index in [0.717, 1.165) is 10.8 Å². The maximum Gasteiger partial charge on any atom is 0.355 e. The molecule has 0 bridgehead atoms. The largest absolute Gasteiger partial charge is 0.495 e. The summed E-state index contributed by atoms with van der Waals surface area (Å²) in [5, 5.41) is 14.8. The zero-order valence-corrected chi connectivity index (χ0v) is 19.0. The zero-order valence-electron chi connectivity index (χ0n) is 16.7. The fourth-order valence-electron chi connectivity index (χ4n) is 2.61. The molecule has 13 heteroatoms. The third kappa shape index (κ3) is 5.15. The Kier molecular flexibility index (Phi) is 7.28. The number of anilines is 3. The number of halogens is 2. The number of amides is 1. The Labute approximate surface area is 195 Å². The third-order valence-corrected chi connectivity index (χ3v) is 4.96. The van der Waals surface area contributed by atoms with Gasteiger partial charge in [-0.3, -0.25) is 25.8 Å². The summed E-state index contributed by atoms with van der Waals surface area (Å²) in [5.74, 6) is -0.202. The number of carbonyl (C=O) groups excluding carboxylic acids is 1. The van der Waals surface area contributed by atoms with Crippen LogP contribution in [0.2, 0.25) is 5.02 Å². The van der Waals surface area contributed by atoms with Crippen molar-refractivity contribution >= 4 is 56.4 Å². The summed E-state index contributed by atoms with van der Waals surface area (Å²) in [4.78, 5) is 31.2. The van der Waals surface area contributed by atoms with Crippen LogP contribution in [-0.4, -0.2) is 35.0 Å². The lowest BCUT2D eigenvalue weighted by Gasteiger charge is -2.14. The van der Waals surface area contributed by atoms with E-state index in [4.69, 9.17) is 21.1 Å². The molecule has 0 saturated heterocycles. The van der Waals surface area contributed by atoms with Gasteiger partial charge >= 0.3 is 5.69 Å². The lowest BCUT2D eigenvalue weighted by Crippen LogP contribution is -2.30. The van der Waals surface area contributed by atoms with E-state index in [2.05, 4.69) is 42.1 Å². The number of rotatable bonds is 8. The quantitative estimate of drug-likeness (QED) is 0.291. The number of nitrogens with zero attached hydrogens (tertiary/aromatic N) is 3. The highest BCUT2D eigenvalue weighted by Gasteiger charge is 2.25. The zero-order chi connectivity index (χ0) is 23.3. The van der Waals surface area contributed by atoms with Crippen LogP contribution in [0.15, 0.2) is 47.2 Å². The first-order chi connectivity index (χ1) is 15.3. The van der Waals surface area contributed by atoms with Gasteiger partial charge in [0.15, 0.2) is 0 Å². The molecule has 11 nitrogen and oxygen atoms in total. The average Bonchev–Trinajstić information content (AvgIpc) is 2.78. The molecular formula is C19H16BrClN6O5. The minimum absolute atomic E-state index is 0.148. The molecule has 0 aliphatic heterocycles. The Morgan fingerprint density at radius 1 is 1.09 bits per heavy atom. The molecule has 0 saturated carbocycles. The van der Waals surface area contributed by atoms with E-state index < -0.39 is 16.5 Å². The van der Waals surface area contributed by atoms with Crippen LogP contribution in [0.1, 0.15) is 10.4 Å².